The average molecular weight is 631 g/mol. The number of anilines is 1. The van der Waals surface area contributed by atoms with Gasteiger partial charge >= 0.3 is 6.61 Å². The summed E-state index contributed by atoms with van der Waals surface area (Å²) in [7, 11) is 1.37. The van der Waals surface area contributed by atoms with Crippen LogP contribution in [-0.4, -0.2) is 74.6 Å². The molecule has 14 heteroatoms. The van der Waals surface area contributed by atoms with E-state index in [1.54, 1.807) is 11.0 Å². The van der Waals surface area contributed by atoms with Crippen LogP contribution < -0.4 is 15.2 Å². The minimum Gasteiger partial charge on any atom is -0.434 e. The lowest BCUT2D eigenvalue weighted by molar-refractivity contribution is -0.141. The lowest BCUT2D eigenvalue weighted by Crippen LogP contribution is -2.55. The Morgan fingerprint density at radius 2 is 1.80 bits per heavy atom. The van der Waals surface area contributed by atoms with Crippen molar-refractivity contribution < 1.29 is 31.8 Å². The van der Waals surface area contributed by atoms with Crippen molar-refractivity contribution in [3.8, 4) is 16.9 Å². The van der Waals surface area contributed by atoms with Crippen molar-refractivity contribution in [2.75, 3.05) is 31.1 Å². The van der Waals surface area contributed by atoms with Crippen LogP contribution in [0.15, 0.2) is 47.5 Å². The first-order valence-corrected chi connectivity index (χ1v) is 14.4. The minimum atomic E-state index is -3.08. The number of rotatable bonds is 8. The van der Waals surface area contributed by atoms with Gasteiger partial charge in [0.25, 0.3) is 5.56 Å². The van der Waals surface area contributed by atoms with Crippen LogP contribution >= 0.6 is 0 Å². The summed E-state index contributed by atoms with van der Waals surface area (Å²) in [4.78, 5) is 37.9. The van der Waals surface area contributed by atoms with Gasteiger partial charge in [0.05, 0.1) is 23.1 Å². The van der Waals surface area contributed by atoms with E-state index in [2.05, 4.69) is 14.7 Å². The molecular formula is C31H34F4N6O4. The summed E-state index contributed by atoms with van der Waals surface area (Å²) in [5, 5.41) is -0.213. The maximum Gasteiger partial charge on any atom is 0.387 e. The largest absolute Gasteiger partial charge is 0.434 e. The van der Waals surface area contributed by atoms with Gasteiger partial charge in [0.1, 0.15) is 23.7 Å². The van der Waals surface area contributed by atoms with Crippen LogP contribution in [0.1, 0.15) is 33.3 Å². The Hall–Kier alpha value is -4.46. The second kappa shape index (κ2) is 12.5. The van der Waals surface area contributed by atoms with Crippen LogP contribution in [0.3, 0.4) is 0 Å². The fraction of sp³-hybridized carbons (Fsp3) is 0.419. The van der Waals surface area contributed by atoms with Crippen LogP contribution in [0.5, 0.6) is 5.75 Å². The Morgan fingerprint density at radius 3 is 2.44 bits per heavy atom. The molecule has 0 N–H and O–H groups in total. The Balaban J connectivity index is 1.42. The highest BCUT2D eigenvalue weighted by atomic mass is 19.3. The molecule has 0 radical (unpaired) electrons. The number of carbonyl (C=O) groups is 1. The number of aromatic nitrogens is 4. The topological polar surface area (TPSA) is 94.7 Å². The van der Waals surface area contributed by atoms with E-state index < -0.39 is 35.0 Å². The van der Waals surface area contributed by atoms with E-state index in [9.17, 15) is 18.4 Å². The molecule has 2 aromatic carbocycles. The van der Waals surface area contributed by atoms with E-state index in [0.29, 0.717) is 25.6 Å². The first-order valence-electron chi connectivity index (χ1n) is 14.4. The molecular weight excluding hydrogens is 596 g/mol. The molecule has 4 aromatic rings. The lowest BCUT2D eigenvalue weighted by Gasteiger charge is -2.40. The zero-order valence-electron chi connectivity index (χ0n) is 25.6. The van der Waals surface area contributed by atoms with Crippen molar-refractivity contribution in [2.24, 2.45) is 7.05 Å². The maximum atomic E-state index is 16.2. The Labute approximate surface area is 256 Å². The van der Waals surface area contributed by atoms with Gasteiger partial charge in [0.2, 0.25) is 11.9 Å². The number of para-hydroxylation sites is 1. The molecule has 0 aliphatic carbocycles. The molecule has 1 saturated heterocycles. The monoisotopic (exact) mass is 630 g/mol. The molecule has 2 aromatic heterocycles. The van der Waals surface area contributed by atoms with Crippen molar-refractivity contribution in [1.82, 2.24) is 24.2 Å². The van der Waals surface area contributed by atoms with Crippen LogP contribution in [-0.2, 0) is 23.1 Å². The number of amides is 1. The predicted octanol–water partition coefficient (Wildman–Crippen LogP) is 4.58. The molecule has 240 valence electrons. The molecule has 0 saturated carbocycles. The summed E-state index contributed by atoms with van der Waals surface area (Å²) in [6, 6.07) is 6.77. The van der Waals surface area contributed by atoms with Gasteiger partial charge < -0.3 is 19.3 Å². The number of hydrogen-bond donors (Lipinski definition) is 0. The molecule has 1 aliphatic heterocycles. The van der Waals surface area contributed by atoms with Crippen molar-refractivity contribution in [3.63, 3.8) is 0 Å². The SMILES string of the molecule is CC1CN(C(=O)COC(C)(C)C)CCN1c1ncc(-c2c(F)cc3c(=O)n(C)n(Cc4ccccc4OC(F)F)c3c2F)cn1. The molecule has 10 nitrogen and oxygen atoms in total. The second-order valence-electron chi connectivity index (χ2n) is 11.9. The third-order valence-electron chi connectivity index (χ3n) is 7.64. The van der Waals surface area contributed by atoms with E-state index in [-0.39, 0.29) is 52.9 Å². The number of nitrogens with zero attached hydrogens (tertiary/aromatic N) is 6. The van der Waals surface area contributed by atoms with Gasteiger partial charge in [-0.25, -0.2) is 18.7 Å². The molecule has 0 spiro atoms. The van der Waals surface area contributed by atoms with Gasteiger partial charge in [0, 0.05) is 56.2 Å². The van der Waals surface area contributed by atoms with E-state index in [4.69, 9.17) is 4.74 Å². The number of ether oxygens (including phenoxy) is 2. The number of alkyl halides is 2. The standard InChI is InChI=1S/C31H34F4N6O4/c1-18-15-39(24(42)17-44-31(2,3)4)10-11-40(18)30-36-13-20(14-37-30)25-22(32)12-21-27(26(25)33)41(38(5)28(21)43)16-19-8-6-7-9-23(19)45-29(34)35/h6-9,12-14,18,29H,10-11,15-17H2,1-5H3. The summed E-state index contributed by atoms with van der Waals surface area (Å²) >= 11 is 0. The molecule has 3 heterocycles. The summed E-state index contributed by atoms with van der Waals surface area (Å²) in [5.74, 6) is -1.92. The number of fused-ring (bicyclic) bond motifs is 1. The summed E-state index contributed by atoms with van der Waals surface area (Å²) in [6.07, 6.45) is 2.60. The van der Waals surface area contributed by atoms with E-state index in [1.807, 2.05) is 32.6 Å². The third kappa shape index (κ3) is 6.65. The number of halogens is 4. The first-order chi connectivity index (χ1) is 21.2. The van der Waals surface area contributed by atoms with Crippen molar-refractivity contribution in [3.05, 3.63) is 70.3 Å². The van der Waals surface area contributed by atoms with Crippen LogP contribution in [0, 0.1) is 11.6 Å². The van der Waals surface area contributed by atoms with Crippen molar-refractivity contribution in [2.45, 2.75) is 52.5 Å². The fourth-order valence-corrected chi connectivity index (χ4v) is 5.36. The molecule has 1 atom stereocenters. The first kappa shape index (κ1) is 31.9. The highest BCUT2D eigenvalue weighted by molar-refractivity contribution is 5.86. The Morgan fingerprint density at radius 1 is 1.11 bits per heavy atom. The van der Waals surface area contributed by atoms with Gasteiger partial charge in [0.15, 0.2) is 5.82 Å². The van der Waals surface area contributed by atoms with Gasteiger partial charge in [-0.1, -0.05) is 18.2 Å². The number of piperazine rings is 1. The number of carbonyl (C=O) groups excluding carboxylic acids is 1. The van der Waals surface area contributed by atoms with E-state index in [1.165, 1.54) is 42.3 Å². The highest BCUT2D eigenvalue weighted by Crippen LogP contribution is 2.32. The summed E-state index contributed by atoms with van der Waals surface area (Å²) < 4.78 is 70.1. The highest BCUT2D eigenvalue weighted by Gasteiger charge is 2.30. The van der Waals surface area contributed by atoms with Gasteiger partial charge in [-0.05, 0) is 39.8 Å². The molecule has 1 fully saturated rings. The van der Waals surface area contributed by atoms with E-state index in [0.717, 1.165) is 10.7 Å². The number of benzene rings is 2. The Bertz CT molecular complexity index is 1770. The lowest BCUT2D eigenvalue weighted by atomic mass is 10.1. The smallest absolute Gasteiger partial charge is 0.387 e. The van der Waals surface area contributed by atoms with Gasteiger partial charge in [-0.15, -0.1) is 0 Å². The Kier molecular flexibility index (Phi) is 8.88. The number of hydrogen-bond acceptors (Lipinski definition) is 7. The molecule has 1 unspecified atom stereocenters. The zero-order chi connectivity index (χ0) is 32.6. The zero-order valence-corrected chi connectivity index (χ0v) is 25.6. The van der Waals surface area contributed by atoms with Crippen LogP contribution in [0.2, 0.25) is 0 Å². The van der Waals surface area contributed by atoms with Crippen molar-refractivity contribution in [1.29, 1.82) is 0 Å². The predicted molar refractivity (Wildman–Crippen MR) is 159 cm³/mol. The minimum absolute atomic E-state index is 0.0197. The average Bonchev–Trinajstić information content (AvgIpc) is 3.21. The fourth-order valence-electron chi connectivity index (χ4n) is 5.36. The third-order valence-corrected chi connectivity index (χ3v) is 7.64. The molecule has 1 amide bonds. The van der Waals surface area contributed by atoms with Crippen LogP contribution in [0.4, 0.5) is 23.5 Å². The second-order valence-corrected chi connectivity index (χ2v) is 11.9. The normalized spacial score (nSPS) is 15.7. The summed E-state index contributed by atoms with van der Waals surface area (Å²) in [5.41, 5.74) is -1.43. The molecule has 45 heavy (non-hydrogen) atoms. The molecule has 0 bridgehead atoms. The summed E-state index contributed by atoms with van der Waals surface area (Å²) in [6.45, 7) is 5.56. The maximum absolute atomic E-state index is 16.2. The van der Waals surface area contributed by atoms with E-state index >= 15 is 8.78 Å². The van der Waals surface area contributed by atoms with Gasteiger partial charge in [-0.2, -0.15) is 8.78 Å². The molecule has 5 rings (SSSR count). The molecule has 1 aliphatic rings. The quantitative estimate of drug-likeness (QED) is 0.263. The van der Waals surface area contributed by atoms with Gasteiger partial charge in [-0.3, -0.25) is 19.0 Å². The van der Waals surface area contributed by atoms with Crippen LogP contribution in [0.25, 0.3) is 22.0 Å². The van der Waals surface area contributed by atoms with Crippen molar-refractivity contribution >= 4 is 22.8 Å².